The zero-order chi connectivity index (χ0) is 16.5. The lowest BCUT2D eigenvalue weighted by molar-refractivity contribution is 0.0403. The third kappa shape index (κ3) is 2.77. The maximum atomic E-state index is 12.9. The van der Waals surface area contributed by atoms with E-state index in [9.17, 15) is 9.59 Å². The van der Waals surface area contributed by atoms with Crippen LogP contribution < -0.4 is 5.76 Å². The molecule has 1 amide bonds. The highest BCUT2D eigenvalue weighted by Gasteiger charge is 2.35. The molecular formula is C18H21N3O3. The van der Waals surface area contributed by atoms with Gasteiger partial charge in [-0.25, -0.2) is 4.79 Å². The van der Waals surface area contributed by atoms with Crippen molar-refractivity contribution >= 4 is 5.91 Å². The lowest BCUT2D eigenvalue weighted by Crippen LogP contribution is -2.49. The number of rotatable bonds is 3. The number of amides is 1. The van der Waals surface area contributed by atoms with Crippen LogP contribution in [-0.2, 0) is 0 Å². The highest BCUT2D eigenvalue weighted by molar-refractivity contribution is 5.95. The minimum Gasteiger partial charge on any atom is -0.335 e. The molecule has 126 valence electrons. The van der Waals surface area contributed by atoms with Gasteiger partial charge in [-0.05, 0) is 50.2 Å². The summed E-state index contributed by atoms with van der Waals surface area (Å²) in [7, 11) is 0. The summed E-state index contributed by atoms with van der Waals surface area (Å²) in [6, 6.07) is 7.60. The predicted octanol–water partition coefficient (Wildman–Crippen LogP) is 2.82. The van der Waals surface area contributed by atoms with Crippen LogP contribution in [0.25, 0.3) is 11.4 Å². The van der Waals surface area contributed by atoms with Gasteiger partial charge in [-0.1, -0.05) is 23.7 Å². The van der Waals surface area contributed by atoms with E-state index in [1.807, 2.05) is 0 Å². The molecule has 0 bridgehead atoms. The summed E-state index contributed by atoms with van der Waals surface area (Å²) in [6.07, 6.45) is 7.26. The minimum atomic E-state index is -0.582. The largest absolute Gasteiger partial charge is 0.439 e. The first-order chi connectivity index (χ1) is 11.7. The van der Waals surface area contributed by atoms with E-state index in [2.05, 4.69) is 19.6 Å². The van der Waals surface area contributed by atoms with Gasteiger partial charge >= 0.3 is 5.76 Å². The molecule has 1 aromatic heterocycles. The summed E-state index contributed by atoms with van der Waals surface area (Å²) >= 11 is 0. The highest BCUT2D eigenvalue weighted by Crippen LogP contribution is 2.37. The molecule has 2 aromatic rings. The monoisotopic (exact) mass is 327 g/mol. The second-order valence-electron chi connectivity index (χ2n) is 6.77. The number of aromatic amines is 1. The summed E-state index contributed by atoms with van der Waals surface area (Å²) < 4.78 is 4.51. The summed E-state index contributed by atoms with van der Waals surface area (Å²) in [4.78, 5) is 28.6. The van der Waals surface area contributed by atoms with Crippen molar-refractivity contribution in [2.24, 2.45) is 5.92 Å². The van der Waals surface area contributed by atoms with Gasteiger partial charge in [0.2, 0.25) is 0 Å². The van der Waals surface area contributed by atoms with Gasteiger partial charge in [0.15, 0.2) is 5.82 Å². The lowest BCUT2D eigenvalue weighted by atomic mass is 9.76. The van der Waals surface area contributed by atoms with Crippen LogP contribution in [0, 0.1) is 5.92 Å². The number of hydrogen-bond donors (Lipinski definition) is 1. The van der Waals surface area contributed by atoms with Crippen LogP contribution >= 0.6 is 0 Å². The lowest BCUT2D eigenvalue weighted by Gasteiger charge is -2.44. The Morgan fingerprint density at radius 3 is 2.54 bits per heavy atom. The van der Waals surface area contributed by atoms with E-state index in [0.29, 0.717) is 23.3 Å². The van der Waals surface area contributed by atoms with Gasteiger partial charge in [-0.15, -0.1) is 0 Å². The molecule has 0 spiro atoms. The number of carbonyl (C=O) groups is 1. The maximum absolute atomic E-state index is 12.9. The van der Waals surface area contributed by atoms with Crippen LogP contribution in [0.1, 0.15) is 48.9 Å². The first-order valence-corrected chi connectivity index (χ1v) is 8.70. The Balaban J connectivity index is 1.53. The zero-order valence-corrected chi connectivity index (χ0v) is 13.5. The number of hydrogen-bond acceptors (Lipinski definition) is 4. The molecule has 2 fully saturated rings. The van der Waals surface area contributed by atoms with Crippen molar-refractivity contribution in [3.8, 4) is 11.4 Å². The first kappa shape index (κ1) is 15.2. The molecular weight excluding hydrogens is 306 g/mol. The molecule has 6 nitrogen and oxygen atoms in total. The number of benzene rings is 1. The highest BCUT2D eigenvalue weighted by atomic mass is 16.5. The van der Waals surface area contributed by atoms with Crippen molar-refractivity contribution in [3.63, 3.8) is 0 Å². The van der Waals surface area contributed by atoms with Crippen molar-refractivity contribution in [1.82, 2.24) is 15.0 Å². The first-order valence-electron chi connectivity index (χ1n) is 8.70. The van der Waals surface area contributed by atoms with Gasteiger partial charge in [0.25, 0.3) is 5.91 Å². The van der Waals surface area contributed by atoms with Crippen molar-refractivity contribution in [2.45, 2.75) is 44.6 Å². The van der Waals surface area contributed by atoms with Crippen LogP contribution in [-0.4, -0.2) is 33.5 Å². The van der Waals surface area contributed by atoms with E-state index >= 15 is 0 Å². The molecule has 6 heteroatoms. The molecule has 4 rings (SSSR count). The molecule has 1 atom stereocenters. The summed E-state index contributed by atoms with van der Waals surface area (Å²) in [5.41, 5.74) is 1.42. The summed E-state index contributed by atoms with van der Waals surface area (Å²) in [6.45, 7) is 0.859. The fourth-order valence-electron chi connectivity index (χ4n) is 3.82. The fourth-order valence-corrected chi connectivity index (χ4v) is 3.82. The summed E-state index contributed by atoms with van der Waals surface area (Å²) in [5, 5.41) is 3.67. The molecule has 2 heterocycles. The molecule has 1 saturated heterocycles. The molecule has 0 radical (unpaired) electrons. The Bertz CT molecular complexity index is 773. The molecule has 1 aromatic carbocycles. The van der Waals surface area contributed by atoms with E-state index in [1.165, 1.54) is 25.7 Å². The van der Waals surface area contributed by atoms with Crippen LogP contribution in [0.2, 0.25) is 0 Å². The molecule has 1 aliphatic carbocycles. The second kappa shape index (κ2) is 6.26. The Labute approximate surface area is 139 Å². The van der Waals surface area contributed by atoms with Gasteiger partial charge in [-0.2, -0.15) is 0 Å². The number of aromatic nitrogens is 2. The Morgan fingerprint density at radius 1 is 1.12 bits per heavy atom. The van der Waals surface area contributed by atoms with Crippen molar-refractivity contribution in [3.05, 3.63) is 40.4 Å². The zero-order valence-electron chi connectivity index (χ0n) is 13.5. The third-order valence-corrected chi connectivity index (χ3v) is 5.35. The van der Waals surface area contributed by atoms with Crippen LogP contribution in [0.5, 0.6) is 0 Å². The number of likely N-dealkylation sites (tertiary alicyclic amines) is 1. The fraction of sp³-hybridized carbons (Fsp3) is 0.500. The van der Waals surface area contributed by atoms with E-state index in [0.717, 1.165) is 24.9 Å². The van der Waals surface area contributed by atoms with Gasteiger partial charge in [-0.3, -0.25) is 14.3 Å². The quantitative estimate of drug-likeness (QED) is 0.940. The second-order valence-corrected chi connectivity index (χ2v) is 6.77. The molecule has 2 aliphatic rings. The van der Waals surface area contributed by atoms with Crippen LogP contribution in [0.3, 0.4) is 0 Å². The van der Waals surface area contributed by atoms with Gasteiger partial charge in [0, 0.05) is 23.7 Å². The van der Waals surface area contributed by atoms with E-state index in [-0.39, 0.29) is 5.91 Å². The Hall–Kier alpha value is -2.37. The van der Waals surface area contributed by atoms with Gasteiger partial charge in [0.1, 0.15) is 0 Å². The topological polar surface area (TPSA) is 79.2 Å². The molecule has 1 N–H and O–H groups in total. The molecule has 1 saturated carbocycles. The SMILES string of the molecule is O=C(c1ccc(-c2noc(=O)[nH]2)cc1)N1CCCCC1C1CCC1. The average Bonchev–Trinajstić information content (AvgIpc) is 3.00. The third-order valence-electron chi connectivity index (χ3n) is 5.35. The summed E-state index contributed by atoms with van der Waals surface area (Å²) in [5.74, 6) is 0.603. The van der Waals surface area contributed by atoms with Crippen molar-refractivity contribution < 1.29 is 9.32 Å². The minimum absolute atomic E-state index is 0.117. The van der Waals surface area contributed by atoms with E-state index in [4.69, 9.17) is 0 Å². The number of nitrogens with one attached hydrogen (secondary N) is 1. The van der Waals surface area contributed by atoms with E-state index in [1.54, 1.807) is 24.3 Å². The van der Waals surface area contributed by atoms with Crippen molar-refractivity contribution in [2.75, 3.05) is 6.54 Å². The number of nitrogens with zero attached hydrogens (tertiary/aromatic N) is 2. The van der Waals surface area contributed by atoms with E-state index < -0.39 is 5.76 Å². The van der Waals surface area contributed by atoms with Crippen LogP contribution in [0.15, 0.2) is 33.6 Å². The van der Waals surface area contributed by atoms with Gasteiger partial charge < -0.3 is 4.90 Å². The number of carbonyl (C=O) groups excluding carboxylic acids is 1. The standard InChI is InChI=1S/C18H21N3O3/c22-17(21-11-2-1-6-15(21)12-4-3-5-12)14-9-7-13(8-10-14)16-19-18(23)24-20-16/h7-10,12,15H,1-6,11H2,(H,19,20,23). The molecule has 1 unspecified atom stereocenters. The normalized spacial score (nSPS) is 21.5. The van der Waals surface area contributed by atoms with Gasteiger partial charge in [0.05, 0.1) is 0 Å². The Morgan fingerprint density at radius 2 is 1.92 bits per heavy atom. The molecule has 1 aliphatic heterocycles. The average molecular weight is 327 g/mol. The molecule has 24 heavy (non-hydrogen) atoms. The van der Waals surface area contributed by atoms with Crippen molar-refractivity contribution in [1.29, 1.82) is 0 Å². The Kier molecular flexibility index (Phi) is 3.96. The predicted molar refractivity (Wildman–Crippen MR) is 88.6 cm³/mol. The number of H-pyrrole nitrogens is 1. The van der Waals surface area contributed by atoms with Crippen LogP contribution in [0.4, 0.5) is 0 Å². The number of piperidine rings is 1. The maximum Gasteiger partial charge on any atom is 0.439 e. The smallest absolute Gasteiger partial charge is 0.335 e.